The first-order valence-electron chi connectivity index (χ1n) is 16.8. The number of nitriles is 1. The molecule has 0 aromatic heterocycles. The van der Waals surface area contributed by atoms with E-state index in [1.807, 2.05) is 13.8 Å². The molecule has 6 rings (SSSR count). The third kappa shape index (κ3) is 6.42. The van der Waals surface area contributed by atoms with Gasteiger partial charge in [-0.15, -0.1) is 0 Å². The van der Waals surface area contributed by atoms with Gasteiger partial charge in [-0.2, -0.15) is 5.26 Å². The van der Waals surface area contributed by atoms with E-state index in [0.717, 1.165) is 25.7 Å². The maximum atomic E-state index is 8.48. The van der Waals surface area contributed by atoms with Crippen LogP contribution in [0.25, 0.3) is 22.3 Å². The lowest BCUT2D eigenvalue weighted by Crippen LogP contribution is -2.26. The molecular formula is C43H53N. The van der Waals surface area contributed by atoms with Gasteiger partial charge in [-0.3, -0.25) is 0 Å². The maximum Gasteiger partial charge on any atom is 0.0725 e. The second-order valence-electron chi connectivity index (χ2n) is 14.4. The van der Waals surface area contributed by atoms with Crippen molar-refractivity contribution in [2.45, 2.75) is 106 Å². The third-order valence-electron chi connectivity index (χ3n) is 9.21. The van der Waals surface area contributed by atoms with Crippen LogP contribution >= 0.6 is 0 Å². The van der Waals surface area contributed by atoms with Crippen molar-refractivity contribution in [2.75, 3.05) is 0 Å². The van der Waals surface area contributed by atoms with E-state index in [1.54, 1.807) is 0 Å². The van der Waals surface area contributed by atoms with Crippen LogP contribution in [-0.4, -0.2) is 0 Å². The molecule has 0 saturated carbocycles. The summed E-state index contributed by atoms with van der Waals surface area (Å²) in [5, 5.41) is 8.48. The van der Waals surface area contributed by atoms with E-state index in [4.69, 9.17) is 5.26 Å². The number of benzene rings is 4. The minimum Gasteiger partial charge on any atom is -0.198 e. The van der Waals surface area contributed by atoms with E-state index in [-0.39, 0.29) is 10.8 Å². The Hall–Kier alpha value is -3.63. The lowest BCUT2D eigenvalue weighted by Gasteiger charge is -2.31. The zero-order valence-corrected chi connectivity index (χ0v) is 28.8. The van der Waals surface area contributed by atoms with Crippen molar-refractivity contribution in [1.82, 2.24) is 0 Å². The molecule has 1 nitrogen and oxygen atoms in total. The van der Waals surface area contributed by atoms with Gasteiger partial charge in [0.2, 0.25) is 0 Å². The molecule has 0 unspecified atom stereocenters. The zero-order chi connectivity index (χ0) is 32.1. The normalized spacial score (nSPS) is 13.4. The van der Waals surface area contributed by atoms with Gasteiger partial charge in [0.1, 0.15) is 0 Å². The summed E-state index contributed by atoms with van der Waals surface area (Å²) in [6.07, 6.45) is 6.87. The van der Waals surface area contributed by atoms with E-state index in [9.17, 15) is 0 Å². The van der Waals surface area contributed by atoms with E-state index < -0.39 is 0 Å². The molecular weight excluding hydrogens is 530 g/mol. The molecule has 0 amide bonds. The van der Waals surface area contributed by atoms with Crippen LogP contribution in [0.1, 0.15) is 121 Å². The van der Waals surface area contributed by atoms with Gasteiger partial charge in [-0.1, -0.05) is 146 Å². The van der Waals surface area contributed by atoms with Gasteiger partial charge in [-0.25, -0.2) is 0 Å². The Morgan fingerprint density at radius 1 is 0.545 bits per heavy atom. The predicted octanol–water partition coefficient (Wildman–Crippen LogP) is 12.3. The first-order chi connectivity index (χ1) is 21.0. The fourth-order valence-electron chi connectivity index (χ4n) is 7.10. The van der Waals surface area contributed by atoms with Crippen LogP contribution in [0, 0.1) is 22.2 Å². The highest BCUT2D eigenvalue weighted by Gasteiger charge is 2.51. The Bertz CT molecular complexity index is 1520. The van der Waals surface area contributed by atoms with Crippen LogP contribution in [0.15, 0.2) is 84.9 Å². The predicted molar refractivity (Wildman–Crippen MR) is 190 cm³/mol. The van der Waals surface area contributed by atoms with Crippen molar-refractivity contribution >= 4 is 0 Å². The second kappa shape index (κ2) is 13.6. The standard InChI is InChI=1S/C29H24.C7H13N.C7H16/c1-3-19-13-15-23-21-9-5-7-11-25(21)29(27(23)17-19)26-12-8-6-10-22(26)24-16-14-20(4-2)18-28(24)29;1-4-5-7(2,3)6-8;1-5-6-7(2,3)4/h5-18H,3-4H2,1-2H3;4-5H2,1-3H3;5-6H2,1-4H3. The molecule has 0 saturated heterocycles. The summed E-state index contributed by atoms with van der Waals surface area (Å²) in [7, 11) is 0. The van der Waals surface area contributed by atoms with E-state index >= 15 is 0 Å². The molecule has 0 bridgehead atoms. The Morgan fingerprint density at radius 3 is 1.27 bits per heavy atom. The van der Waals surface area contributed by atoms with Crippen LogP contribution in [0.3, 0.4) is 0 Å². The van der Waals surface area contributed by atoms with E-state index in [0.29, 0.717) is 5.41 Å². The van der Waals surface area contributed by atoms with Gasteiger partial charge in [0.15, 0.2) is 0 Å². The van der Waals surface area contributed by atoms with Gasteiger partial charge >= 0.3 is 0 Å². The number of hydrogen-bond donors (Lipinski definition) is 0. The summed E-state index contributed by atoms with van der Waals surface area (Å²) in [5.74, 6) is 0. The smallest absolute Gasteiger partial charge is 0.0725 e. The fourth-order valence-corrected chi connectivity index (χ4v) is 7.10. The average Bonchev–Trinajstić information content (AvgIpc) is 3.47. The van der Waals surface area contributed by atoms with Gasteiger partial charge in [0.05, 0.1) is 16.9 Å². The summed E-state index contributed by atoms with van der Waals surface area (Å²) in [6, 6.07) is 34.6. The molecule has 2 aliphatic carbocycles. The molecule has 1 spiro atoms. The SMILES string of the molecule is CCCC(C)(C)C.CCCC(C)(C)C#N.CCc1ccc2c(c1)C1(c3ccccc3-2)c2ccccc2-c2ccc(CC)cc21. The Kier molecular flexibility index (Phi) is 10.3. The summed E-state index contributed by atoms with van der Waals surface area (Å²) in [4.78, 5) is 0. The van der Waals surface area contributed by atoms with Crippen molar-refractivity contribution in [3.05, 3.63) is 118 Å². The molecule has 0 N–H and O–H groups in total. The summed E-state index contributed by atoms with van der Waals surface area (Å²) >= 11 is 0. The quantitative estimate of drug-likeness (QED) is 0.198. The average molecular weight is 584 g/mol. The minimum atomic E-state index is -0.200. The van der Waals surface area contributed by atoms with Crippen molar-refractivity contribution in [3.8, 4) is 28.3 Å². The van der Waals surface area contributed by atoms with Crippen molar-refractivity contribution < 1.29 is 0 Å². The van der Waals surface area contributed by atoms with Crippen LogP contribution in [0.2, 0.25) is 0 Å². The van der Waals surface area contributed by atoms with Gasteiger partial charge in [0.25, 0.3) is 0 Å². The van der Waals surface area contributed by atoms with Crippen LogP contribution < -0.4 is 0 Å². The highest BCUT2D eigenvalue weighted by molar-refractivity contribution is 5.95. The Morgan fingerprint density at radius 2 is 0.955 bits per heavy atom. The number of nitrogens with zero attached hydrogens (tertiary/aromatic N) is 1. The molecule has 4 aromatic carbocycles. The van der Waals surface area contributed by atoms with Crippen LogP contribution in [0.5, 0.6) is 0 Å². The number of hydrogen-bond acceptors (Lipinski definition) is 1. The molecule has 0 aliphatic heterocycles. The first kappa shape index (κ1) is 33.3. The lowest BCUT2D eigenvalue weighted by atomic mass is 9.70. The van der Waals surface area contributed by atoms with Gasteiger partial charge in [0, 0.05) is 0 Å². The van der Waals surface area contributed by atoms with Crippen molar-refractivity contribution in [2.24, 2.45) is 10.8 Å². The highest BCUT2D eigenvalue weighted by atomic mass is 14.5. The molecule has 0 radical (unpaired) electrons. The monoisotopic (exact) mass is 583 g/mol. The van der Waals surface area contributed by atoms with Gasteiger partial charge < -0.3 is 0 Å². The topological polar surface area (TPSA) is 23.8 Å². The van der Waals surface area contributed by atoms with Gasteiger partial charge in [-0.05, 0) is 101 Å². The largest absolute Gasteiger partial charge is 0.198 e. The van der Waals surface area contributed by atoms with Crippen molar-refractivity contribution in [3.63, 3.8) is 0 Å². The molecule has 2 aliphatic rings. The third-order valence-corrected chi connectivity index (χ3v) is 9.21. The number of aryl methyl sites for hydroxylation is 2. The lowest BCUT2D eigenvalue weighted by molar-refractivity contribution is 0.373. The summed E-state index contributed by atoms with van der Waals surface area (Å²) < 4.78 is 0. The number of fused-ring (bicyclic) bond motifs is 10. The molecule has 0 heterocycles. The van der Waals surface area contributed by atoms with Crippen LogP contribution in [0.4, 0.5) is 0 Å². The second-order valence-corrected chi connectivity index (χ2v) is 14.4. The molecule has 0 atom stereocenters. The maximum absolute atomic E-state index is 8.48. The molecule has 1 heteroatoms. The van der Waals surface area contributed by atoms with E-state index in [1.165, 1.54) is 68.5 Å². The summed E-state index contributed by atoms with van der Waals surface area (Å²) in [6.45, 7) is 19.6. The minimum absolute atomic E-state index is 0.102. The van der Waals surface area contributed by atoms with E-state index in [2.05, 4.69) is 139 Å². The highest BCUT2D eigenvalue weighted by Crippen LogP contribution is 2.62. The molecule has 230 valence electrons. The van der Waals surface area contributed by atoms with Crippen molar-refractivity contribution in [1.29, 1.82) is 5.26 Å². The zero-order valence-electron chi connectivity index (χ0n) is 28.8. The molecule has 44 heavy (non-hydrogen) atoms. The fraction of sp³-hybridized carbons (Fsp3) is 0.419. The van der Waals surface area contributed by atoms with Crippen LogP contribution in [-0.2, 0) is 18.3 Å². The Labute approximate surface area is 268 Å². The first-order valence-corrected chi connectivity index (χ1v) is 16.8. The summed E-state index contributed by atoms with van der Waals surface area (Å²) in [5.41, 5.74) is 14.4. The number of rotatable bonds is 5. The molecule has 0 fully saturated rings. The molecule has 4 aromatic rings. The Balaban J connectivity index is 0.000000247.